The molecule has 1 aliphatic rings. The fourth-order valence-corrected chi connectivity index (χ4v) is 5.13. The summed E-state index contributed by atoms with van der Waals surface area (Å²) in [5.41, 5.74) is 1.60. The van der Waals surface area contributed by atoms with Gasteiger partial charge < -0.3 is 0 Å². The van der Waals surface area contributed by atoms with Gasteiger partial charge in [0, 0.05) is 19.7 Å². The molecular formula is C18H11Br2F2NO2S2. The number of hydrogen-bond donors (Lipinski definition) is 1. The molecule has 3 rings (SSSR count). The minimum atomic E-state index is -4.50. The van der Waals surface area contributed by atoms with Crippen molar-refractivity contribution in [2.24, 2.45) is 5.14 Å². The first-order valence-corrected chi connectivity index (χ1v) is 11.0. The van der Waals surface area contributed by atoms with Crippen molar-refractivity contribution >= 4 is 64.5 Å². The van der Waals surface area contributed by atoms with Crippen molar-refractivity contribution < 1.29 is 17.2 Å². The Morgan fingerprint density at radius 1 is 1.00 bits per heavy atom. The standard InChI is InChI=1S/C18H11Br2F2NO2S2/c19-12-3-11(4-13(20)8-12)14-2-1-9(7-17(14)26)10-5-15(21)18(16(22)6-10)27(23,24)25/h1-8,14H,(H2,23,24,25). The first-order chi connectivity index (χ1) is 12.6. The number of primary sulfonamides is 1. The molecule has 0 radical (unpaired) electrons. The average molecular weight is 535 g/mol. The van der Waals surface area contributed by atoms with E-state index in [-0.39, 0.29) is 11.5 Å². The van der Waals surface area contributed by atoms with Gasteiger partial charge in [-0.3, -0.25) is 0 Å². The molecule has 27 heavy (non-hydrogen) atoms. The number of rotatable bonds is 3. The van der Waals surface area contributed by atoms with Crippen LogP contribution in [0.3, 0.4) is 0 Å². The van der Waals surface area contributed by atoms with Crippen LogP contribution in [-0.2, 0) is 10.0 Å². The van der Waals surface area contributed by atoms with Crippen LogP contribution in [0.25, 0.3) is 5.57 Å². The first kappa shape index (κ1) is 20.5. The number of nitrogens with two attached hydrogens (primary N) is 1. The van der Waals surface area contributed by atoms with Gasteiger partial charge in [0.05, 0.1) is 0 Å². The number of halogens is 4. The monoisotopic (exact) mass is 533 g/mol. The molecule has 2 aromatic rings. The summed E-state index contributed by atoms with van der Waals surface area (Å²) >= 11 is 12.3. The van der Waals surface area contributed by atoms with Gasteiger partial charge in [-0.25, -0.2) is 22.3 Å². The number of benzene rings is 2. The quantitative estimate of drug-likeness (QED) is 0.547. The van der Waals surface area contributed by atoms with E-state index in [9.17, 15) is 17.2 Å². The lowest BCUT2D eigenvalue weighted by atomic mass is 9.88. The van der Waals surface area contributed by atoms with Crippen LogP contribution in [0.2, 0.25) is 0 Å². The number of sulfonamides is 1. The summed E-state index contributed by atoms with van der Waals surface area (Å²) in [5.74, 6) is -2.66. The summed E-state index contributed by atoms with van der Waals surface area (Å²) < 4.78 is 52.6. The molecule has 9 heteroatoms. The van der Waals surface area contributed by atoms with E-state index in [1.54, 1.807) is 12.2 Å². The Hall–Kier alpha value is -1.26. The molecule has 2 aromatic carbocycles. The van der Waals surface area contributed by atoms with Gasteiger partial charge >= 0.3 is 0 Å². The smallest absolute Gasteiger partial charge is 0.224 e. The van der Waals surface area contributed by atoms with E-state index in [1.807, 2.05) is 24.3 Å². The third kappa shape index (κ3) is 4.43. The molecule has 1 aliphatic carbocycles. The SMILES string of the molecule is NS(=O)(=O)c1c(F)cc(C2=CC(=S)C(c3cc(Br)cc(Br)c3)C=C2)cc1F. The highest BCUT2D eigenvalue weighted by atomic mass is 79.9. The lowest BCUT2D eigenvalue weighted by molar-refractivity contribution is 0.519. The average Bonchev–Trinajstić information content (AvgIpc) is 2.51. The van der Waals surface area contributed by atoms with E-state index in [0.29, 0.717) is 10.4 Å². The lowest BCUT2D eigenvalue weighted by Crippen LogP contribution is -2.16. The highest BCUT2D eigenvalue weighted by Gasteiger charge is 2.23. The van der Waals surface area contributed by atoms with Crippen LogP contribution in [0.15, 0.2) is 62.4 Å². The van der Waals surface area contributed by atoms with Gasteiger partial charge in [0.25, 0.3) is 0 Å². The third-order valence-corrected chi connectivity index (χ3v) is 6.18. The maximum absolute atomic E-state index is 14.1. The zero-order chi connectivity index (χ0) is 19.9. The van der Waals surface area contributed by atoms with Crippen molar-refractivity contribution in [2.45, 2.75) is 10.8 Å². The topological polar surface area (TPSA) is 60.2 Å². The molecule has 3 nitrogen and oxygen atoms in total. The van der Waals surface area contributed by atoms with Crippen LogP contribution < -0.4 is 5.14 Å². The second-order valence-corrected chi connectivity index (χ2v) is 9.66. The van der Waals surface area contributed by atoms with Crippen LogP contribution in [0.5, 0.6) is 0 Å². The second-order valence-electron chi connectivity index (χ2n) is 5.86. The van der Waals surface area contributed by atoms with Crippen molar-refractivity contribution in [1.29, 1.82) is 0 Å². The van der Waals surface area contributed by atoms with Crippen molar-refractivity contribution in [3.63, 3.8) is 0 Å². The molecule has 1 unspecified atom stereocenters. The molecule has 2 N–H and O–H groups in total. The van der Waals surface area contributed by atoms with E-state index in [4.69, 9.17) is 17.4 Å². The predicted molar refractivity (Wildman–Crippen MR) is 112 cm³/mol. The fourth-order valence-electron chi connectivity index (χ4n) is 2.79. The Labute approximate surface area is 177 Å². The van der Waals surface area contributed by atoms with Crippen molar-refractivity contribution in [1.82, 2.24) is 0 Å². The van der Waals surface area contributed by atoms with Crippen molar-refractivity contribution in [2.75, 3.05) is 0 Å². The molecule has 1 atom stereocenters. The molecular weight excluding hydrogens is 524 g/mol. The summed E-state index contributed by atoms with van der Waals surface area (Å²) in [7, 11) is -4.50. The summed E-state index contributed by atoms with van der Waals surface area (Å²) in [5, 5.41) is 4.85. The minimum absolute atomic E-state index is 0.170. The summed E-state index contributed by atoms with van der Waals surface area (Å²) in [6.07, 6.45) is 5.16. The Morgan fingerprint density at radius 2 is 1.56 bits per heavy atom. The Balaban J connectivity index is 1.98. The van der Waals surface area contributed by atoms with Gasteiger partial charge in [0.1, 0.15) is 11.6 Å². The molecule has 140 valence electrons. The van der Waals surface area contributed by atoms with E-state index in [0.717, 1.165) is 26.6 Å². The minimum Gasteiger partial charge on any atom is -0.224 e. The van der Waals surface area contributed by atoms with Gasteiger partial charge in [-0.15, -0.1) is 0 Å². The zero-order valence-corrected chi connectivity index (χ0v) is 18.2. The van der Waals surface area contributed by atoms with E-state index in [2.05, 4.69) is 31.9 Å². The molecule has 0 aliphatic heterocycles. The summed E-state index contributed by atoms with van der Waals surface area (Å²) in [4.78, 5) is -0.583. The van der Waals surface area contributed by atoms with E-state index < -0.39 is 26.6 Å². The number of hydrogen-bond acceptors (Lipinski definition) is 3. The molecule has 0 bridgehead atoms. The molecule has 0 fully saturated rings. The van der Waals surface area contributed by atoms with Gasteiger partial charge in [0.2, 0.25) is 10.0 Å². The Kier molecular flexibility index (Phi) is 5.79. The highest BCUT2D eigenvalue weighted by Crippen LogP contribution is 2.33. The number of allylic oxidation sites excluding steroid dienone is 4. The second kappa shape index (κ2) is 7.63. The highest BCUT2D eigenvalue weighted by molar-refractivity contribution is 9.11. The van der Waals surface area contributed by atoms with Gasteiger partial charge in [0.15, 0.2) is 4.90 Å². The van der Waals surface area contributed by atoms with E-state index >= 15 is 0 Å². The van der Waals surface area contributed by atoms with Gasteiger partial charge in [-0.1, -0.05) is 56.2 Å². The third-order valence-electron chi connectivity index (χ3n) is 3.93. The van der Waals surface area contributed by atoms with Crippen molar-refractivity contribution in [3.8, 4) is 0 Å². The normalized spacial score (nSPS) is 17.1. The molecule has 0 heterocycles. The van der Waals surface area contributed by atoms with Gasteiger partial charge in [-0.05, 0) is 53.1 Å². The summed E-state index contributed by atoms with van der Waals surface area (Å²) in [6.45, 7) is 0. The molecule has 0 saturated carbocycles. The molecule has 0 aromatic heterocycles. The Morgan fingerprint density at radius 3 is 2.04 bits per heavy atom. The maximum Gasteiger partial charge on any atom is 0.243 e. The molecule has 0 spiro atoms. The largest absolute Gasteiger partial charge is 0.243 e. The van der Waals surface area contributed by atoms with Crippen LogP contribution in [0.1, 0.15) is 17.0 Å². The summed E-state index contributed by atoms with van der Waals surface area (Å²) in [6, 6.07) is 7.63. The van der Waals surface area contributed by atoms with Crippen LogP contribution in [-0.4, -0.2) is 13.3 Å². The maximum atomic E-state index is 14.1. The first-order valence-electron chi connectivity index (χ1n) is 7.48. The van der Waals surface area contributed by atoms with Crippen LogP contribution in [0, 0.1) is 11.6 Å². The van der Waals surface area contributed by atoms with Crippen molar-refractivity contribution in [3.05, 3.63) is 80.3 Å². The lowest BCUT2D eigenvalue weighted by Gasteiger charge is -2.19. The Bertz CT molecular complexity index is 1080. The zero-order valence-electron chi connectivity index (χ0n) is 13.4. The van der Waals surface area contributed by atoms with Crippen LogP contribution in [0.4, 0.5) is 8.78 Å². The van der Waals surface area contributed by atoms with E-state index in [1.165, 1.54) is 0 Å². The predicted octanol–water partition coefficient (Wildman–Crippen LogP) is 5.24. The molecule has 0 saturated heterocycles. The fraction of sp³-hybridized carbons (Fsp3) is 0.0556. The van der Waals surface area contributed by atoms with Crippen LogP contribution >= 0.6 is 44.1 Å². The molecule has 0 amide bonds. The van der Waals surface area contributed by atoms with Gasteiger partial charge in [-0.2, -0.15) is 0 Å². The number of thiocarbonyl (C=S) groups is 1.